The van der Waals surface area contributed by atoms with Crippen molar-refractivity contribution < 1.29 is 12.6 Å². The molecule has 0 aliphatic heterocycles. The zero-order valence-electron chi connectivity index (χ0n) is 12.5. The highest BCUT2D eigenvalue weighted by molar-refractivity contribution is 7.84. The molecular formula is C15H19NO4S2. The molecule has 0 spiro atoms. The molecule has 1 aromatic carbocycles. The molecule has 0 aliphatic rings. The Bertz CT molecular complexity index is 827. The van der Waals surface area contributed by atoms with Crippen LogP contribution in [-0.2, 0) is 16.7 Å². The minimum Gasteiger partial charge on any atom is -0.371 e. The molecule has 22 heavy (non-hydrogen) atoms. The third-order valence-electron chi connectivity index (χ3n) is 3.34. The Kier molecular flexibility index (Phi) is 5.20. The molecular weight excluding hydrogens is 322 g/mol. The molecule has 0 fully saturated rings. The Morgan fingerprint density at radius 2 is 2.05 bits per heavy atom. The lowest BCUT2D eigenvalue weighted by Gasteiger charge is -2.10. The maximum Gasteiger partial charge on any atom is 0.380 e. The molecule has 0 aliphatic carbocycles. The molecule has 2 N–H and O–H groups in total. The van der Waals surface area contributed by atoms with Crippen molar-refractivity contribution in [2.45, 2.75) is 33.1 Å². The summed E-state index contributed by atoms with van der Waals surface area (Å²) in [5.74, 6) is 0.574. The lowest BCUT2D eigenvalue weighted by atomic mass is 9.98. The maximum atomic E-state index is 12.2. The maximum absolute atomic E-state index is 12.2. The molecule has 1 atom stereocenters. The largest absolute Gasteiger partial charge is 0.380 e. The van der Waals surface area contributed by atoms with Crippen LogP contribution in [0, 0.1) is 5.92 Å². The van der Waals surface area contributed by atoms with Crippen molar-refractivity contribution in [3.05, 3.63) is 39.4 Å². The highest BCUT2D eigenvalue weighted by Gasteiger charge is 2.10. The van der Waals surface area contributed by atoms with Crippen molar-refractivity contribution >= 4 is 31.7 Å². The van der Waals surface area contributed by atoms with Crippen molar-refractivity contribution in [1.29, 1.82) is 0 Å². The van der Waals surface area contributed by atoms with E-state index in [4.69, 9.17) is 5.14 Å². The monoisotopic (exact) mass is 341 g/mol. The first-order valence-corrected chi connectivity index (χ1v) is 9.36. The number of benzene rings is 1. The van der Waals surface area contributed by atoms with E-state index in [-0.39, 0.29) is 10.5 Å². The fourth-order valence-corrected chi connectivity index (χ4v) is 3.70. The van der Waals surface area contributed by atoms with Crippen LogP contribution in [0.1, 0.15) is 32.3 Å². The zero-order valence-corrected chi connectivity index (χ0v) is 14.2. The van der Waals surface area contributed by atoms with Crippen LogP contribution in [-0.4, -0.2) is 8.42 Å². The van der Waals surface area contributed by atoms with E-state index in [1.807, 2.05) is 6.07 Å². The third-order valence-corrected chi connectivity index (χ3v) is 4.79. The Labute approximate surface area is 134 Å². The van der Waals surface area contributed by atoms with Gasteiger partial charge in [0, 0.05) is 10.3 Å². The topological polar surface area (TPSA) is 86.5 Å². The first-order valence-electron chi connectivity index (χ1n) is 7.07. The fourth-order valence-electron chi connectivity index (χ4n) is 2.43. The summed E-state index contributed by atoms with van der Waals surface area (Å²) in [4.78, 5) is 12.2. The zero-order chi connectivity index (χ0) is 16.3. The van der Waals surface area contributed by atoms with Gasteiger partial charge in [-0.1, -0.05) is 38.0 Å². The summed E-state index contributed by atoms with van der Waals surface area (Å²) >= 11 is 1.10. The molecule has 7 heteroatoms. The number of hydrogen-bond acceptors (Lipinski definition) is 5. The van der Waals surface area contributed by atoms with E-state index < -0.39 is 10.3 Å². The summed E-state index contributed by atoms with van der Waals surface area (Å²) in [7, 11) is -4.06. The predicted molar refractivity (Wildman–Crippen MR) is 89.6 cm³/mol. The second-order valence-corrected chi connectivity index (χ2v) is 7.60. The van der Waals surface area contributed by atoms with E-state index in [0.29, 0.717) is 10.6 Å². The summed E-state index contributed by atoms with van der Waals surface area (Å²) in [6.07, 6.45) is 2.94. The average molecular weight is 341 g/mol. The molecule has 1 heterocycles. The summed E-state index contributed by atoms with van der Waals surface area (Å²) < 4.78 is 27.2. The van der Waals surface area contributed by atoms with Gasteiger partial charge in [-0.3, -0.25) is 4.79 Å². The molecule has 2 rings (SSSR count). The highest BCUT2D eigenvalue weighted by atomic mass is 32.2. The molecule has 0 saturated heterocycles. The highest BCUT2D eigenvalue weighted by Crippen LogP contribution is 2.25. The minimum atomic E-state index is -4.06. The van der Waals surface area contributed by atoms with Gasteiger partial charge in [0.1, 0.15) is 5.75 Å². The molecule has 0 amide bonds. The molecule has 0 saturated carbocycles. The van der Waals surface area contributed by atoms with Gasteiger partial charge >= 0.3 is 10.3 Å². The Morgan fingerprint density at radius 3 is 2.68 bits per heavy atom. The van der Waals surface area contributed by atoms with Crippen LogP contribution in [0.5, 0.6) is 5.75 Å². The number of fused-ring (bicyclic) bond motifs is 1. The van der Waals surface area contributed by atoms with Crippen LogP contribution in [0.15, 0.2) is 29.1 Å². The summed E-state index contributed by atoms with van der Waals surface area (Å²) in [5, 5.41) is 5.73. The van der Waals surface area contributed by atoms with Crippen LogP contribution in [0.3, 0.4) is 0 Å². The molecule has 0 radical (unpaired) electrons. The quantitative estimate of drug-likeness (QED) is 0.875. The van der Waals surface area contributed by atoms with Gasteiger partial charge in [0.15, 0.2) is 0 Å². The van der Waals surface area contributed by atoms with Gasteiger partial charge < -0.3 is 4.18 Å². The third kappa shape index (κ3) is 4.53. The van der Waals surface area contributed by atoms with E-state index in [1.54, 1.807) is 6.07 Å². The Balaban J connectivity index is 2.36. The summed E-state index contributed by atoms with van der Waals surface area (Å²) in [6.45, 7) is 4.27. The van der Waals surface area contributed by atoms with Crippen LogP contribution in [0.4, 0.5) is 0 Å². The normalized spacial score (nSPS) is 13.2. The summed E-state index contributed by atoms with van der Waals surface area (Å²) in [6, 6.07) is 6.66. The number of rotatable bonds is 6. The molecule has 5 nitrogen and oxygen atoms in total. The lowest BCUT2D eigenvalue weighted by Crippen LogP contribution is -2.18. The Morgan fingerprint density at radius 1 is 1.32 bits per heavy atom. The van der Waals surface area contributed by atoms with E-state index in [2.05, 4.69) is 18.0 Å². The molecule has 1 aromatic heterocycles. The van der Waals surface area contributed by atoms with Gasteiger partial charge in [0.2, 0.25) is 4.74 Å². The first kappa shape index (κ1) is 16.9. The van der Waals surface area contributed by atoms with Gasteiger partial charge in [-0.05, 0) is 42.0 Å². The van der Waals surface area contributed by atoms with Crippen LogP contribution in [0.2, 0.25) is 0 Å². The van der Waals surface area contributed by atoms with Gasteiger partial charge in [-0.15, -0.1) is 0 Å². The van der Waals surface area contributed by atoms with E-state index in [9.17, 15) is 13.2 Å². The smallest absolute Gasteiger partial charge is 0.371 e. The van der Waals surface area contributed by atoms with Crippen molar-refractivity contribution in [3.63, 3.8) is 0 Å². The lowest BCUT2D eigenvalue weighted by molar-refractivity contribution is 0.488. The van der Waals surface area contributed by atoms with E-state index in [0.717, 1.165) is 41.5 Å². The molecule has 1 unspecified atom stereocenters. The average Bonchev–Trinajstić information content (AvgIpc) is 2.38. The van der Waals surface area contributed by atoms with Crippen molar-refractivity contribution in [2.24, 2.45) is 11.1 Å². The van der Waals surface area contributed by atoms with Gasteiger partial charge in [-0.2, -0.15) is 13.6 Å². The van der Waals surface area contributed by atoms with Crippen molar-refractivity contribution in [3.8, 4) is 5.75 Å². The predicted octanol–water partition coefficient (Wildman–Crippen LogP) is 2.82. The van der Waals surface area contributed by atoms with Gasteiger partial charge in [-0.25, -0.2) is 0 Å². The van der Waals surface area contributed by atoms with Gasteiger partial charge in [0.05, 0.1) is 0 Å². The SMILES string of the molecule is CCCC(C)Cc1cc2ccc(OS(N)(=O)=O)cc2sc1=O. The van der Waals surface area contributed by atoms with Crippen molar-refractivity contribution in [1.82, 2.24) is 0 Å². The molecule has 2 aromatic rings. The number of hydrogen-bond donors (Lipinski definition) is 1. The van der Waals surface area contributed by atoms with Crippen molar-refractivity contribution in [2.75, 3.05) is 0 Å². The van der Waals surface area contributed by atoms with Crippen LogP contribution >= 0.6 is 11.3 Å². The van der Waals surface area contributed by atoms with Crippen LogP contribution < -0.4 is 14.1 Å². The second-order valence-electron chi connectivity index (χ2n) is 5.43. The molecule has 0 bridgehead atoms. The minimum absolute atomic E-state index is 0.00297. The van der Waals surface area contributed by atoms with E-state index >= 15 is 0 Å². The molecule has 120 valence electrons. The standard InChI is InChI=1S/C15H19NO4S2/c1-3-4-10(2)7-12-8-11-5-6-13(20-22(16,18)19)9-14(11)21-15(12)17/h5-6,8-10H,3-4,7H2,1-2H3,(H2,16,18,19). The Hall–Kier alpha value is -1.44. The summed E-state index contributed by atoms with van der Waals surface area (Å²) in [5.41, 5.74) is 0.804. The van der Waals surface area contributed by atoms with Crippen LogP contribution in [0.25, 0.3) is 10.1 Å². The van der Waals surface area contributed by atoms with E-state index in [1.165, 1.54) is 12.1 Å². The van der Waals surface area contributed by atoms with Gasteiger partial charge in [0.25, 0.3) is 0 Å². The number of nitrogens with two attached hydrogens (primary N) is 1. The first-order chi connectivity index (χ1) is 10.3. The fraction of sp³-hybridized carbons (Fsp3) is 0.400. The second kappa shape index (κ2) is 6.76.